The van der Waals surface area contributed by atoms with Gasteiger partial charge in [0.1, 0.15) is 11.7 Å². The third kappa shape index (κ3) is 1.76. The molecule has 1 saturated carbocycles. The predicted octanol–water partition coefficient (Wildman–Crippen LogP) is 2.14. The summed E-state index contributed by atoms with van der Waals surface area (Å²) in [6.07, 6.45) is 5.08. The van der Waals surface area contributed by atoms with Gasteiger partial charge >= 0.3 is 5.97 Å². The molecule has 2 aliphatic rings. The van der Waals surface area contributed by atoms with E-state index in [2.05, 4.69) is 6.58 Å². The van der Waals surface area contributed by atoms with Gasteiger partial charge in [-0.3, -0.25) is 0 Å². The minimum absolute atomic E-state index is 0.130. The second-order valence-electron chi connectivity index (χ2n) is 5.00. The normalized spacial score (nSPS) is 33.5. The Bertz CT molecular complexity index is 310. The molecule has 0 radical (unpaired) electrons. The van der Waals surface area contributed by atoms with Crippen LogP contribution >= 0.6 is 0 Å². The van der Waals surface area contributed by atoms with Gasteiger partial charge < -0.3 is 4.74 Å². The number of rotatable bonds is 3. The second-order valence-corrected chi connectivity index (χ2v) is 5.00. The van der Waals surface area contributed by atoms with Crippen LogP contribution in [0, 0.1) is 0 Å². The van der Waals surface area contributed by atoms with Crippen LogP contribution in [-0.2, 0) is 19.3 Å². The van der Waals surface area contributed by atoms with Gasteiger partial charge in [0, 0.05) is 0 Å². The first-order valence-electron chi connectivity index (χ1n) is 5.72. The smallest absolute Gasteiger partial charge is 0.345 e. The zero-order valence-corrected chi connectivity index (χ0v) is 9.82. The molecular weight excluding hydrogens is 208 g/mol. The van der Waals surface area contributed by atoms with E-state index in [-0.39, 0.29) is 12.1 Å². The molecule has 90 valence electrons. The molecule has 0 spiro atoms. The Morgan fingerprint density at radius 1 is 1.56 bits per heavy atom. The Morgan fingerprint density at radius 3 is 2.81 bits per heavy atom. The standard InChI is InChI=1S/C12H18O4/c1-4-11(2,3)14-10(13)12-8-6-5-7-9(12)15-16-12/h4,9H,1,5-8H2,2-3H3. The van der Waals surface area contributed by atoms with Crippen molar-refractivity contribution in [2.45, 2.75) is 56.8 Å². The molecule has 1 aliphatic heterocycles. The van der Waals surface area contributed by atoms with Crippen LogP contribution in [0.15, 0.2) is 12.7 Å². The first-order valence-corrected chi connectivity index (χ1v) is 5.72. The average molecular weight is 226 g/mol. The lowest BCUT2D eigenvalue weighted by Crippen LogP contribution is -2.64. The van der Waals surface area contributed by atoms with Crippen molar-refractivity contribution < 1.29 is 19.3 Å². The fraction of sp³-hybridized carbons (Fsp3) is 0.750. The Labute approximate surface area is 95.5 Å². The van der Waals surface area contributed by atoms with E-state index >= 15 is 0 Å². The molecule has 0 aromatic rings. The van der Waals surface area contributed by atoms with Crippen LogP contribution < -0.4 is 0 Å². The third-order valence-corrected chi connectivity index (χ3v) is 3.29. The Kier molecular flexibility index (Phi) is 2.80. The summed E-state index contributed by atoms with van der Waals surface area (Å²) in [6.45, 7) is 7.24. The van der Waals surface area contributed by atoms with Crippen molar-refractivity contribution in [2.24, 2.45) is 0 Å². The molecule has 16 heavy (non-hydrogen) atoms. The number of hydrogen-bond donors (Lipinski definition) is 0. The van der Waals surface area contributed by atoms with Crippen molar-refractivity contribution in [2.75, 3.05) is 0 Å². The summed E-state index contributed by atoms with van der Waals surface area (Å²) < 4.78 is 5.39. The number of carbonyl (C=O) groups is 1. The molecule has 1 aliphatic carbocycles. The van der Waals surface area contributed by atoms with E-state index in [1.54, 1.807) is 19.9 Å². The largest absolute Gasteiger partial charge is 0.453 e. The summed E-state index contributed by atoms with van der Waals surface area (Å²) in [6, 6.07) is 0. The molecule has 2 atom stereocenters. The average Bonchev–Trinajstić information content (AvgIpc) is 2.19. The zero-order chi connectivity index (χ0) is 11.8. The second kappa shape index (κ2) is 3.86. The maximum absolute atomic E-state index is 12.1. The molecule has 1 saturated heterocycles. The summed E-state index contributed by atoms with van der Waals surface area (Å²) >= 11 is 0. The fourth-order valence-electron chi connectivity index (χ4n) is 2.07. The van der Waals surface area contributed by atoms with Crippen molar-refractivity contribution in [1.29, 1.82) is 0 Å². The zero-order valence-electron chi connectivity index (χ0n) is 9.82. The number of fused-ring (bicyclic) bond motifs is 1. The molecule has 0 bridgehead atoms. The first-order chi connectivity index (χ1) is 7.50. The summed E-state index contributed by atoms with van der Waals surface area (Å²) in [4.78, 5) is 22.1. The van der Waals surface area contributed by atoms with Crippen LogP contribution in [0.25, 0.3) is 0 Å². The van der Waals surface area contributed by atoms with Gasteiger partial charge in [-0.25, -0.2) is 14.6 Å². The van der Waals surface area contributed by atoms with Gasteiger partial charge in [-0.2, -0.15) is 0 Å². The maximum Gasteiger partial charge on any atom is 0.345 e. The number of esters is 1. The van der Waals surface area contributed by atoms with E-state index in [0.717, 1.165) is 19.3 Å². The molecule has 0 amide bonds. The lowest BCUT2D eigenvalue weighted by atomic mass is 9.81. The predicted molar refractivity (Wildman–Crippen MR) is 57.5 cm³/mol. The first kappa shape index (κ1) is 11.6. The van der Waals surface area contributed by atoms with Crippen LogP contribution in [0.1, 0.15) is 39.5 Å². The molecule has 0 aromatic carbocycles. The quantitative estimate of drug-likeness (QED) is 0.420. The van der Waals surface area contributed by atoms with E-state index in [0.29, 0.717) is 6.42 Å². The number of carbonyl (C=O) groups excluding carboxylic acids is 1. The van der Waals surface area contributed by atoms with Crippen molar-refractivity contribution in [3.8, 4) is 0 Å². The van der Waals surface area contributed by atoms with Crippen molar-refractivity contribution in [3.05, 3.63) is 12.7 Å². The minimum atomic E-state index is -0.849. The molecule has 1 heterocycles. The number of ether oxygens (including phenoxy) is 1. The Balaban J connectivity index is 2.06. The highest BCUT2D eigenvalue weighted by molar-refractivity contribution is 5.81. The Hall–Kier alpha value is -0.870. The van der Waals surface area contributed by atoms with Gasteiger partial charge in [0.05, 0.1) is 0 Å². The van der Waals surface area contributed by atoms with Crippen LogP contribution in [0.4, 0.5) is 0 Å². The summed E-state index contributed by atoms with van der Waals surface area (Å²) in [7, 11) is 0. The summed E-state index contributed by atoms with van der Waals surface area (Å²) in [5.41, 5.74) is -1.51. The molecule has 0 N–H and O–H groups in total. The molecule has 2 rings (SSSR count). The molecule has 2 unspecified atom stereocenters. The molecule has 0 aromatic heterocycles. The monoisotopic (exact) mass is 226 g/mol. The molecular formula is C12H18O4. The van der Waals surface area contributed by atoms with Crippen LogP contribution in [0.5, 0.6) is 0 Å². The van der Waals surface area contributed by atoms with E-state index in [1.165, 1.54) is 0 Å². The van der Waals surface area contributed by atoms with Gasteiger partial charge in [-0.1, -0.05) is 13.0 Å². The minimum Gasteiger partial charge on any atom is -0.453 e. The fourth-order valence-corrected chi connectivity index (χ4v) is 2.07. The van der Waals surface area contributed by atoms with E-state index in [9.17, 15) is 4.79 Å². The topological polar surface area (TPSA) is 44.8 Å². The Morgan fingerprint density at radius 2 is 2.31 bits per heavy atom. The SMILES string of the molecule is C=CC(C)(C)OC(=O)C12CCCCC1OO2. The van der Waals surface area contributed by atoms with Crippen LogP contribution in [0.3, 0.4) is 0 Å². The van der Waals surface area contributed by atoms with E-state index < -0.39 is 11.2 Å². The van der Waals surface area contributed by atoms with Gasteiger partial charge in [0.25, 0.3) is 0 Å². The van der Waals surface area contributed by atoms with Crippen LogP contribution in [-0.4, -0.2) is 23.3 Å². The molecule has 4 nitrogen and oxygen atoms in total. The molecule has 2 fully saturated rings. The van der Waals surface area contributed by atoms with Gasteiger partial charge in [0.2, 0.25) is 5.60 Å². The van der Waals surface area contributed by atoms with E-state index in [1.807, 2.05) is 0 Å². The van der Waals surface area contributed by atoms with Crippen LogP contribution in [0.2, 0.25) is 0 Å². The highest BCUT2D eigenvalue weighted by Crippen LogP contribution is 2.43. The van der Waals surface area contributed by atoms with Gasteiger partial charge in [-0.05, 0) is 39.2 Å². The lowest BCUT2D eigenvalue weighted by molar-refractivity contribution is -0.504. The van der Waals surface area contributed by atoms with Gasteiger partial charge in [-0.15, -0.1) is 0 Å². The maximum atomic E-state index is 12.1. The third-order valence-electron chi connectivity index (χ3n) is 3.29. The van der Waals surface area contributed by atoms with Crippen molar-refractivity contribution >= 4 is 5.97 Å². The molecule has 4 heteroatoms. The van der Waals surface area contributed by atoms with Crippen molar-refractivity contribution in [1.82, 2.24) is 0 Å². The summed E-state index contributed by atoms with van der Waals surface area (Å²) in [5.74, 6) is -0.326. The van der Waals surface area contributed by atoms with Crippen molar-refractivity contribution in [3.63, 3.8) is 0 Å². The lowest BCUT2D eigenvalue weighted by Gasteiger charge is -2.48. The summed E-state index contributed by atoms with van der Waals surface area (Å²) in [5, 5.41) is 0. The highest BCUT2D eigenvalue weighted by atomic mass is 17.3. The van der Waals surface area contributed by atoms with E-state index in [4.69, 9.17) is 14.5 Å². The highest BCUT2D eigenvalue weighted by Gasteiger charge is 2.60. The van der Waals surface area contributed by atoms with Gasteiger partial charge in [0.15, 0.2) is 0 Å². The number of hydrogen-bond acceptors (Lipinski definition) is 4.